The Morgan fingerprint density at radius 1 is 1.10 bits per heavy atom. The topological polar surface area (TPSA) is 72.2 Å². The van der Waals surface area contributed by atoms with Gasteiger partial charge >= 0.3 is 0 Å². The van der Waals surface area contributed by atoms with Gasteiger partial charge in [0.2, 0.25) is 0 Å². The Labute approximate surface area is 177 Å². The summed E-state index contributed by atoms with van der Waals surface area (Å²) in [6, 6.07) is 17.7. The van der Waals surface area contributed by atoms with Crippen molar-refractivity contribution in [2.75, 3.05) is 6.54 Å². The van der Waals surface area contributed by atoms with Crippen LogP contribution in [0.4, 0.5) is 4.39 Å². The lowest BCUT2D eigenvalue weighted by molar-refractivity contribution is 0.0954. The van der Waals surface area contributed by atoms with E-state index < -0.39 is 0 Å². The molecule has 0 aliphatic heterocycles. The van der Waals surface area contributed by atoms with Crippen molar-refractivity contribution in [2.24, 2.45) is 0 Å². The molecule has 0 aliphatic rings. The lowest BCUT2D eigenvalue weighted by atomic mass is 10.2. The van der Waals surface area contributed by atoms with E-state index in [9.17, 15) is 9.18 Å². The minimum Gasteiger partial charge on any atom is -0.352 e. The molecule has 1 amide bonds. The Morgan fingerprint density at radius 2 is 1.93 bits per heavy atom. The fourth-order valence-corrected chi connectivity index (χ4v) is 3.80. The van der Waals surface area contributed by atoms with Gasteiger partial charge in [0.25, 0.3) is 5.91 Å². The standard InChI is InChI=1S/C22H20FN5OS/c1-15-3-2-4-16(13-15)14-30-21-10-9-19-25-26-20(28(19)27-21)11-12-24-22(29)17-5-7-18(23)8-6-17/h2-10,13H,11-12,14H2,1H3,(H,24,29). The van der Waals surface area contributed by atoms with E-state index >= 15 is 0 Å². The predicted molar refractivity (Wildman–Crippen MR) is 114 cm³/mol. The van der Waals surface area contributed by atoms with Crippen molar-refractivity contribution in [1.29, 1.82) is 0 Å². The van der Waals surface area contributed by atoms with Gasteiger partial charge in [-0.15, -0.1) is 10.2 Å². The number of amides is 1. The second-order valence-electron chi connectivity index (χ2n) is 6.85. The number of nitrogens with one attached hydrogen (secondary N) is 1. The van der Waals surface area contributed by atoms with Crippen molar-refractivity contribution < 1.29 is 9.18 Å². The molecule has 4 rings (SSSR count). The minimum atomic E-state index is -0.372. The SMILES string of the molecule is Cc1cccc(CSc2ccc3nnc(CCNC(=O)c4ccc(F)cc4)n3n2)c1. The summed E-state index contributed by atoms with van der Waals surface area (Å²) < 4.78 is 14.7. The monoisotopic (exact) mass is 421 g/mol. The molecule has 152 valence electrons. The molecule has 0 saturated carbocycles. The van der Waals surface area contributed by atoms with E-state index in [1.165, 1.54) is 35.4 Å². The van der Waals surface area contributed by atoms with Gasteiger partial charge in [-0.3, -0.25) is 4.79 Å². The smallest absolute Gasteiger partial charge is 0.251 e. The highest BCUT2D eigenvalue weighted by atomic mass is 32.2. The number of aromatic nitrogens is 4. The fraction of sp³-hybridized carbons (Fsp3) is 0.182. The van der Waals surface area contributed by atoms with Crippen LogP contribution in [0.25, 0.3) is 5.65 Å². The zero-order chi connectivity index (χ0) is 20.9. The first-order chi connectivity index (χ1) is 14.6. The molecule has 8 heteroatoms. The van der Waals surface area contributed by atoms with Crippen LogP contribution in [-0.2, 0) is 12.2 Å². The van der Waals surface area contributed by atoms with Crippen molar-refractivity contribution in [3.8, 4) is 0 Å². The molecule has 30 heavy (non-hydrogen) atoms. The van der Waals surface area contributed by atoms with E-state index in [1.54, 1.807) is 16.3 Å². The first kappa shape index (κ1) is 20.0. The maximum absolute atomic E-state index is 13.0. The summed E-state index contributed by atoms with van der Waals surface area (Å²) in [5.74, 6) is 0.864. The van der Waals surface area contributed by atoms with Gasteiger partial charge in [-0.05, 0) is 48.9 Å². The zero-order valence-electron chi connectivity index (χ0n) is 16.4. The maximum atomic E-state index is 13.0. The van der Waals surface area contributed by atoms with Gasteiger partial charge in [0.1, 0.15) is 10.8 Å². The second kappa shape index (κ2) is 9.04. The average molecular weight is 422 g/mol. The largest absolute Gasteiger partial charge is 0.352 e. The Morgan fingerprint density at radius 3 is 2.73 bits per heavy atom. The van der Waals surface area contributed by atoms with Gasteiger partial charge < -0.3 is 5.32 Å². The van der Waals surface area contributed by atoms with Crippen LogP contribution in [0.15, 0.2) is 65.7 Å². The van der Waals surface area contributed by atoms with Crippen LogP contribution in [0.3, 0.4) is 0 Å². The van der Waals surface area contributed by atoms with E-state index in [1.807, 2.05) is 12.1 Å². The van der Waals surface area contributed by atoms with Gasteiger partial charge in [0.05, 0.1) is 0 Å². The van der Waals surface area contributed by atoms with Crippen LogP contribution in [-0.4, -0.2) is 32.3 Å². The van der Waals surface area contributed by atoms with Gasteiger partial charge in [-0.1, -0.05) is 41.6 Å². The van der Waals surface area contributed by atoms with Gasteiger partial charge in [0, 0.05) is 24.3 Å². The molecule has 4 aromatic rings. The number of carbonyl (C=O) groups excluding carboxylic acids is 1. The normalized spacial score (nSPS) is 11.0. The highest BCUT2D eigenvalue weighted by Gasteiger charge is 2.10. The highest BCUT2D eigenvalue weighted by molar-refractivity contribution is 7.98. The average Bonchev–Trinajstić information content (AvgIpc) is 3.15. The van der Waals surface area contributed by atoms with Gasteiger partial charge in [-0.2, -0.15) is 9.61 Å². The summed E-state index contributed by atoms with van der Waals surface area (Å²) in [4.78, 5) is 12.2. The molecule has 0 fully saturated rings. The van der Waals surface area contributed by atoms with E-state index in [-0.39, 0.29) is 11.7 Å². The Kier molecular flexibility index (Phi) is 6.04. The molecule has 0 atom stereocenters. The summed E-state index contributed by atoms with van der Waals surface area (Å²) in [5.41, 5.74) is 3.56. The molecule has 0 unspecified atom stereocenters. The van der Waals surface area contributed by atoms with E-state index in [0.29, 0.717) is 30.0 Å². The molecule has 2 heterocycles. The number of thioether (sulfide) groups is 1. The lowest BCUT2D eigenvalue weighted by Crippen LogP contribution is -2.26. The highest BCUT2D eigenvalue weighted by Crippen LogP contribution is 2.21. The molecular weight excluding hydrogens is 401 g/mol. The number of aryl methyl sites for hydroxylation is 1. The number of hydrogen-bond donors (Lipinski definition) is 1. The third-order valence-corrected chi connectivity index (χ3v) is 5.50. The molecular formula is C22H20FN5OS. The third-order valence-electron chi connectivity index (χ3n) is 4.51. The lowest BCUT2D eigenvalue weighted by Gasteiger charge is -2.06. The molecule has 0 radical (unpaired) electrons. The maximum Gasteiger partial charge on any atom is 0.251 e. The van der Waals surface area contributed by atoms with Gasteiger partial charge in [-0.25, -0.2) is 4.39 Å². The molecule has 0 aliphatic carbocycles. The Hall–Kier alpha value is -3.26. The quantitative estimate of drug-likeness (QED) is 0.459. The van der Waals surface area contributed by atoms with Crippen LogP contribution in [0, 0.1) is 12.7 Å². The summed E-state index contributed by atoms with van der Waals surface area (Å²) in [6.07, 6.45) is 0.479. The third kappa shape index (κ3) is 4.83. The number of halogens is 1. The van der Waals surface area contributed by atoms with Crippen LogP contribution in [0.2, 0.25) is 0 Å². The van der Waals surface area contributed by atoms with Crippen LogP contribution in [0.1, 0.15) is 27.3 Å². The number of carbonyl (C=O) groups is 1. The predicted octanol–water partition coefficient (Wildman–Crippen LogP) is 3.84. The van der Waals surface area contributed by atoms with Crippen molar-refractivity contribution in [2.45, 2.75) is 24.1 Å². The van der Waals surface area contributed by atoms with E-state index in [2.05, 4.69) is 51.8 Å². The number of hydrogen-bond acceptors (Lipinski definition) is 5. The van der Waals surface area contributed by atoms with E-state index in [4.69, 9.17) is 0 Å². The molecule has 0 bridgehead atoms. The van der Waals surface area contributed by atoms with Crippen LogP contribution < -0.4 is 5.32 Å². The molecule has 6 nitrogen and oxygen atoms in total. The molecule has 0 spiro atoms. The van der Waals surface area contributed by atoms with Gasteiger partial charge in [0.15, 0.2) is 11.5 Å². The summed E-state index contributed by atoms with van der Waals surface area (Å²) >= 11 is 1.65. The minimum absolute atomic E-state index is 0.258. The number of fused-ring (bicyclic) bond motifs is 1. The van der Waals surface area contributed by atoms with Crippen molar-refractivity contribution >= 4 is 23.3 Å². The first-order valence-electron chi connectivity index (χ1n) is 9.52. The number of benzene rings is 2. The summed E-state index contributed by atoms with van der Waals surface area (Å²) in [7, 11) is 0. The number of nitrogens with zero attached hydrogens (tertiary/aromatic N) is 4. The summed E-state index contributed by atoms with van der Waals surface area (Å²) in [6.45, 7) is 2.45. The molecule has 0 saturated heterocycles. The molecule has 2 aromatic carbocycles. The Bertz CT molecular complexity index is 1180. The zero-order valence-corrected chi connectivity index (χ0v) is 17.2. The number of rotatable bonds is 7. The van der Waals surface area contributed by atoms with Crippen LogP contribution >= 0.6 is 11.8 Å². The van der Waals surface area contributed by atoms with Crippen molar-refractivity contribution in [3.05, 3.63) is 89.0 Å². The molecule has 1 N–H and O–H groups in total. The van der Waals surface area contributed by atoms with Crippen LogP contribution in [0.5, 0.6) is 0 Å². The fourth-order valence-electron chi connectivity index (χ4n) is 3.00. The Balaban J connectivity index is 1.38. The van der Waals surface area contributed by atoms with Crippen molar-refractivity contribution in [1.82, 2.24) is 25.1 Å². The second-order valence-corrected chi connectivity index (χ2v) is 7.84. The van der Waals surface area contributed by atoms with Crippen molar-refractivity contribution in [3.63, 3.8) is 0 Å². The molecule has 2 aromatic heterocycles. The summed E-state index contributed by atoms with van der Waals surface area (Å²) in [5, 5.41) is 16.7. The first-order valence-corrected chi connectivity index (χ1v) is 10.5. The van der Waals surface area contributed by atoms with E-state index in [0.717, 1.165) is 10.8 Å².